The summed E-state index contributed by atoms with van der Waals surface area (Å²) in [5.41, 5.74) is 0.544. The Morgan fingerprint density at radius 3 is 2.33 bits per heavy atom. The second-order valence-corrected chi connectivity index (χ2v) is 4.22. The van der Waals surface area contributed by atoms with Crippen LogP contribution in [0.4, 0.5) is 9.57 Å². The van der Waals surface area contributed by atoms with Gasteiger partial charge in [0, 0.05) is 18.0 Å². The predicted molar refractivity (Wildman–Crippen MR) is 69.6 cm³/mol. The molecule has 0 fully saturated rings. The summed E-state index contributed by atoms with van der Waals surface area (Å²) in [7, 11) is -1.65. The monoisotopic (exact) mass is 297 g/mol. The van der Waals surface area contributed by atoms with Gasteiger partial charge in [0.05, 0.1) is 19.6 Å². The number of hydrogen-bond acceptors (Lipinski definition) is 5. The van der Waals surface area contributed by atoms with Crippen LogP contribution < -0.4 is 14.8 Å². The number of benzene rings is 1. The molecular formula is C10H13ClFNO4S. The summed E-state index contributed by atoms with van der Waals surface area (Å²) in [4.78, 5) is 0. The number of methoxy groups -OCH3 is 2. The minimum absolute atomic E-state index is 0. The van der Waals surface area contributed by atoms with E-state index in [1.165, 1.54) is 14.2 Å². The molecule has 0 bridgehead atoms. The molecule has 0 radical (unpaired) electrons. The zero-order chi connectivity index (χ0) is 12.9. The predicted octanol–water partition coefficient (Wildman–Crippen LogP) is 2.31. The standard InChI is InChI=1S/C10H12FNO4S.ClH/c1-15-9-4-3-8(7-10(9)16-2)12-5-6-17(11,13)14;/h3-7,12H,1-2H3;1H. The molecule has 0 saturated heterocycles. The van der Waals surface area contributed by atoms with Gasteiger partial charge in [-0.15, -0.1) is 16.3 Å². The fourth-order valence-electron chi connectivity index (χ4n) is 1.14. The second kappa shape index (κ2) is 7.07. The van der Waals surface area contributed by atoms with Gasteiger partial charge in [0.25, 0.3) is 0 Å². The van der Waals surface area contributed by atoms with E-state index < -0.39 is 10.2 Å². The van der Waals surface area contributed by atoms with Crippen molar-refractivity contribution in [1.29, 1.82) is 0 Å². The van der Waals surface area contributed by atoms with Crippen molar-refractivity contribution in [1.82, 2.24) is 0 Å². The molecule has 0 saturated carbocycles. The molecule has 0 unspecified atom stereocenters. The highest BCUT2D eigenvalue weighted by atomic mass is 35.5. The lowest BCUT2D eigenvalue weighted by atomic mass is 10.3. The minimum atomic E-state index is -4.62. The van der Waals surface area contributed by atoms with Crippen molar-refractivity contribution in [2.24, 2.45) is 0 Å². The average molecular weight is 298 g/mol. The molecule has 0 heterocycles. The second-order valence-electron chi connectivity index (χ2n) is 2.99. The molecule has 0 atom stereocenters. The van der Waals surface area contributed by atoms with Crippen LogP contribution in [0.3, 0.4) is 0 Å². The highest BCUT2D eigenvalue weighted by molar-refractivity contribution is 7.89. The molecular weight excluding hydrogens is 285 g/mol. The zero-order valence-corrected chi connectivity index (χ0v) is 11.3. The Kier molecular flexibility index (Phi) is 6.50. The van der Waals surface area contributed by atoms with Gasteiger partial charge in [0.15, 0.2) is 11.5 Å². The molecule has 0 aliphatic heterocycles. The van der Waals surface area contributed by atoms with Gasteiger partial charge in [0.1, 0.15) is 0 Å². The first-order chi connectivity index (χ1) is 7.96. The molecule has 1 N–H and O–H groups in total. The van der Waals surface area contributed by atoms with Crippen molar-refractivity contribution in [2.75, 3.05) is 19.5 Å². The van der Waals surface area contributed by atoms with Gasteiger partial charge in [-0.2, -0.15) is 8.42 Å². The zero-order valence-electron chi connectivity index (χ0n) is 9.71. The maximum absolute atomic E-state index is 12.2. The van der Waals surface area contributed by atoms with Crippen LogP contribution in [0, 0.1) is 0 Å². The molecule has 1 aromatic carbocycles. The SMILES string of the molecule is COc1ccc(NC=CS(=O)(=O)F)cc1OC.Cl. The van der Waals surface area contributed by atoms with Crippen LogP contribution in [0.2, 0.25) is 0 Å². The normalized spacial score (nSPS) is 10.8. The average Bonchev–Trinajstić information content (AvgIpc) is 2.27. The van der Waals surface area contributed by atoms with Crippen LogP contribution in [0.25, 0.3) is 0 Å². The summed E-state index contributed by atoms with van der Waals surface area (Å²) in [5, 5.41) is 3.01. The number of ether oxygens (including phenoxy) is 2. The summed E-state index contributed by atoms with van der Waals surface area (Å²) < 4.78 is 42.6. The van der Waals surface area contributed by atoms with E-state index in [0.717, 1.165) is 6.20 Å². The van der Waals surface area contributed by atoms with Crippen molar-refractivity contribution in [3.63, 3.8) is 0 Å². The Morgan fingerprint density at radius 2 is 1.83 bits per heavy atom. The van der Waals surface area contributed by atoms with E-state index >= 15 is 0 Å². The van der Waals surface area contributed by atoms with E-state index in [4.69, 9.17) is 9.47 Å². The maximum Gasteiger partial charge on any atom is 0.326 e. The topological polar surface area (TPSA) is 64.6 Å². The lowest BCUT2D eigenvalue weighted by Crippen LogP contribution is -1.94. The number of nitrogens with one attached hydrogen (secondary N) is 1. The molecule has 1 rings (SSSR count). The van der Waals surface area contributed by atoms with E-state index in [0.29, 0.717) is 22.6 Å². The van der Waals surface area contributed by atoms with Crippen molar-refractivity contribution in [3.8, 4) is 11.5 Å². The fourth-order valence-corrected chi connectivity index (χ4v) is 1.37. The molecule has 8 heteroatoms. The maximum atomic E-state index is 12.2. The van der Waals surface area contributed by atoms with Gasteiger partial charge in [-0.1, -0.05) is 0 Å². The summed E-state index contributed by atoms with van der Waals surface area (Å²) in [6.07, 6.45) is 0.983. The van der Waals surface area contributed by atoms with E-state index in [2.05, 4.69) is 5.32 Å². The van der Waals surface area contributed by atoms with E-state index in [1.807, 2.05) is 0 Å². The third-order valence-corrected chi connectivity index (χ3v) is 2.33. The molecule has 0 amide bonds. The molecule has 0 spiro atoms. The lowest BCUT2D eigenvalue weighted by molar-refractivity contribution is 0.355. The van der Waals surface area contributed by atoms with Gasteiger partial charge in [-0.3, -0.25) is 0 Å². The number of hydrogen-bond donors (Lipinski definition) is 1. The first kappa shape index (κ1) is 16.5. The first-order valence-corrected chi connectivity index (χ1v) is 6.00. The Hall–Kier alpha value is -1.47. The first-order valence-electron chi connectivity index (χ1n) is 4.56. The van der Waals surface area contributed by atoms with Gasteiger partial charge < -0.3 is 14.8 Å². The lowest BCUT2D eigenvalue weighted by Gasteiger charge is -2.09. The van der Waals surface area contributed by atoms with Crippen LogP contribution in [-0.4, -0.2) is 22.6 Å². The largest absolute Gasteiger partial charge is 0.493 e. The molecule has 1 aromatic rings. The summed E-state index contributed by atoms with van der Waals surface area (Å²) in [6, 6.07) is 4.86. The molecule has 102 valence electrons. The van der Waals surface area contributed by atoms with Crippen LogP contribution in [0.15, 0.2) is 29.8 Å². The number of rotatable bonds is 5. The Morgan fingerprint density at radius 1 is 1.22 bits per heavy atom. The molecule has 0 aliphatic rings. The Balaban J connectivity index is 0.00000289. The van der Waals surface area contributed by atoms with Gasteiger partial charge in [-0.25, -0.2) is 0 Å². The van der Waals surface area contributed by atoms with Crippen LogP contribution in [-0.2, 0) is 10.2 Å². The smallest absolute Gasteiger partial charge is 0.326 e. The van der Waals surface area contributed by atoms with Crippen LogP contribution in [0.5, 0.6) is 11.5 Å². The molecule has 18 heavy (non-hydrogen) atoms. The highest BCUT2D eigenvalue weighted by Gasteiger charge is 2.03. The Labute approximate surface area is 111 Å². The molecule has 0 aliphatic carbocycles. The summed E-state index contributed by atoms with van der Waals surface area (Å²) in [6.45, 7) is 0. The summed E-state index contributed by atoms with van der Waals surface area (Å²) >= 11 is 0. The van der Waals surface area contributed by atoms with Gasteiger partial charge in [0.2, 0.25) is 0 Å². The number of anilines is 1. The van der Waals surface area contributed by atoms with Crippen molar-refractivity contribution in [3.05, 3.63) is 29.8 Å². The van der Waals surface area contributed by atoms with E-state index in [-0.39, 0.29) is 12.4 Å². The Bertz CT molecular complexity index is 519. The van der Waals surface area contributed by atoms with Gasteiger partial charge >= 0.3 is 10.2 Å². The quantitative estimate of drug-likeness (QED) is 0.845. The van der Waals surface area contributed by atoms with Crippen LogP contribution >= 0.6 is 12.4 Å². The minimum Gasteiger partial charge on any atom is -0.493 e. The van der Waals surface area contributed by atoms with E-state index in [1.54, 1.807) is 18.2 Å². The third kappa shape index (κ3) is 5.24. The van der Waals surface area contributed by atoms with Crippen molar-refractivity contribution in [2.45, 2.75) is 0 Å². The van der Waals surface area contributed by atoms with Crippen molar-refractivity contribution < 1.29 is 21.8 Å². The van der Waals surface area contributed by atoms with E-state index in [9.17, 15) is 12.3 Å². The molecule has 0 aromatic heterocycles. The fraction of sp³-hybridized carbons (Fsp3) is 0.200. The van der Waals surface area contributed by atoms with Crippen LogP contribution in [0.1, 0.15) is 0 Å². The number of halogens is 2. The van der Waals surface area contributed by atoms with Gasteiger partial charge in [-0.05, 0) is 12.1 Å². The molecule has 5 nitrogen and oxygen atoms in total. The third-order valence-electron chi connectivity index (χ3n) is 1.86. The van der Waals surface area contributed by atoms with Crippen molar-refractivity contribution >= 4 is 28.3 Å². The highest BCUT2D eigenvalue weighted by Crippen LogP contribution is 2.29. The summed E-state index contributed by atoms with van der Waals surface area (Å²) in [5.74, 6) is 1.02.